The van der Waals surface area contributed by atoms with Crippen LogP contribution in [0.4, 0.5) is 4.79 Å². The normalized spacial score (nSPS) is 10.6. The Hall–Kier alpha value is -4.21. The van der Waals surface area contributed by atoms with Crippen LogP contribution >= 0.6 is 23.2 Å². The second kappa shape index (κ2) is 11.9. The number of rotatable bonds is 8. The Kier molecular flexibility index (Phi) is 8.40. The molecule has 1 heterocycles. The standard InChI is InChI=1S/C27H23Cl2N5O4/c1-33(2)26(36)25-31-23(15-30-27(37)38-16-17-8-4-3-5-9-17)34(32-25)22-13-12-18(28)14-20(22)24(35)19-10-6-7-11-21(19)29/h3-14H,15-16H2,1-2H3,(H,30,37). The van der Waals surface area contributed by atoms with Gasteiger partial charge in [-0.3, -0.25) is 9.59 Å². The highest BCUT2D eigenvalue weighted by Crippen LogP contribution is 2.26. The number of hydrogen-bond donors (Lipinski definition) is 1. The molecule has 194 valence electrons. The largest absolute Gasteiger partial charge is 0.445 e. The number of nitrogens with one attached hydrogen (secondary N) is 1. The average Bonchev–Trinajstić information content (AvgIpc) is 3.34. The third-order valence-electron chi connectivity index (χ3n) is 5.43. The fourth-order valence-electron chi connectivity index (χ4n) is 3.53. The number of benzene rings is 3. The quantitative estimate of drug-likeness (QED) is 0.311. The number of aromatic nitrogens is 3. The number of nitrogens with zero attached hydrogens (tertiary/aromatic N) is 4. The molecule has 4 rings (SSSR count). The van der Waals surface area contributed by atoms with Gasteiger partial charge in [-0.05, 0) is 35.9 Å². The maximum atomic E-state index is 13.5. The molecule has 38 heavy (non-hydrogen) atoms. The van der Waals surface area contributed by atoms with Crippen molar-refractivity contribution in [3.63, 3.8) is 0 Å². The summed E-state index contributed by atoms with van der Waals surface area (Å²) in [7, 11) is 3.13. The van der Waals surface area contributed by atoms with Crippen molar-refractivity contribution >= 4 is 41.0 Å². The first-order chi connectivity index (χ1) is 18.2. The zero-order valence-electron chi connectivity index (χ0n) is 20.5. The molecule has 1 N–H and O–H groups in total. The van der Waals surface area contributed by atoms with Gasteiger partial charge in [-0.2, -0.15) is 0 Å². The highest BCUT2D eigenvalue weighted by atomic mass is 35.5. The Morgan fingerprint density at radius 2 is 1.66 bits per heavy atom. The molecule has 0 aliphatic heterocycles. The van der Waals surface area contributed by atoms with Gasteiger partial charge in [0.1, 0.15) is 6.61 Å². The van der Waals surface area contributed by atoms with E-state index < -0.39 is 17.8 Å². The number of hydrogen-bond acceptors (Lipinski definition) is 6. The summed E-state index contributed by atoms with van der Waals surface area (Å²) < 4.78 is 6.60. The molecule has 0 bridgehead atoms. The van der Waals surface area contributed by atoms with Crippen LogP contribution in [0.5, 0.6) is 0 Å². The second-order valence-electron chi connectivity index (χ2n) is 8.35. The van der Waals surface area contributed by atoms with E-state index in [0.717, 1.165) is 5.56 Å². The van der Waals surface area contributed by atoms with Gasteiger partial charge in [0.2, 0.25) is 5.82 Å². The minimum atomic E-state index is -0.688. The van der Waals surface area contributed by atoms with Gasteiger partial charge in [-0.1, -0.05) is 65.7 Å². The van der Waals surface area contributed by atoms with E-state index in [4.69, 9.17) is 27.9 Å². The number of halogens is 2. The highest BCUT2D eigenvalue weighted by Gasteiger charge is 2.24. The van der Waals surface area contributed by atoms with E-state index in [9.17, 15) is 14.4 Å². The molecule has 0 aliphatic carbocycles. The van der Waals surface area contributed by atoms with Crippen molar-refractivity contribution in [3.8, 4) is 5.69 Å². The van der Waals surface area contributed by atoms with Crippen molar-refractivity contribution in [2.75, 3.05) is 14.1 Å². The summed E-state index contributed by atoms with van der Waals surface area (Å²) in [6.45, 7) is -0.0545. The molecule has 0 radical (unpaired) electrons. The van der Waals surface area contributed by atoms with Crippen LogP contribution in [0.25, 0.3) is 5.69 Å². The van der Waals surface area contributed by atoms with Crippen LogP contribution in [-0.2, 0) is 17.9 Å². The van der Waals surface area contributed by atoms with Crippen LogP contribution in [0.3, 0.4) is 0 Å². The molecule has 4 aromatic rings. The minimum absolute atomic E-state index is 0.0808. The molecular weight excluding hydrogens is 529 g/mol. The number of alkyl carbamates (subject to hydrolysis) is 1. The minimum Gasteiger partial charge on any atom is -0.445 e. The van der Waals surface area contributed by atoms with Crippen LogP contribution in [0.1, 0.15) is 37.9 Å². The zero-order valence-corrected chi connectivity index (χ0v) is 22.0. The van der Waals surface area contributed by atoms with Gasteiger partial charge in [0.05, 0.1) is 17.3 Å². The molecule has 0 saturated heterocycles. The zero-order chi connectivity index (χ0) is 27.2. The average molecular weight is 552 g/mol. The maximum Gasteiger partial charge on any atom is 0.407 e. The lowest BCUT2D eigenvalue weighted by atomic mass is 10.0. The number of amides is 2. The first-order valence-electron chi connectivity index (χ1n) is 11.5. The smallest absolute Gasteiger partial charge is 0.407 e. The van der Waals surface area contributed by atoms with Crippen molar-refractivity contribution in [1.29, 1.82) is 0 Å². The lowest BCUT2D eigenvalue weighted by molar-refractivity contribution is 0.0815. The summed E-state index contributed by atoms with van der Waals surface area (Å²) in [6, 6.07) is 20.5. The molecule has 3 aromatic carbocycles. The van der Waals surface area contributed by atoms with Crippen molar-refractivity contribution in [2.45, 2.75) is 13.2 Å². The molecular formula is C27H23Cl2N5O4. The maximum absolute atomic E-state index is 13.5. The number of carbonyl (C=O) groups excluding carboxylic acids is 3. The first kappa shape index (κ1) is 26.8. The Bertz CT molecular complexity index is 1490. The Labute approximate surface area is 228 Å². The molecule has 0 atom stereocenters. The van der Waals surface area contributed by atoms with Crippen LogP contribution < -0.4 is 5.32 Å². The SMILES string of the molecule is CN(C)C(=O)c1nc(CNC(=O)OCc2ccccc2)n(-c2ccc(Cl)cc2C(=O)c2ccccc2Cl)n1. The predicted octanol–water partition coefficient (Wildman–Crippen LogP) is 4.93. The third kappa shape index (κ3) is 6.19. The van der Waals surface area contributed by atoms with Crippen LogP contribution in [0, 0.1) is 0 Å². The van der Waals surface area contributed by atoms with Crippen molar-refractivity contribution in [2.24, 2.45) is 0 Å². The Morgan fingerprint density at radius 1 is 0.947 bits per heavy atom. The van der Waals surface area contributed by atoms with E-state index in [0.29, 0.717) is 10.7 Å². The van der Waals surface area contributed by atoms with E-state index >= 15 is 0 Å². The van der Waals surface area contributed by atoms with E-state index in [-0.39, 0.29) is 40.9 Å². The topological polar surface area (TPSA) is 106 Å². The lowest BCUT2D eigenvalue weighted by Crippen LogP contribution is -2.25. The van der Waals surface area contributed by atoms with E-state index in [1.54, 1.807) is 50.5 Å². The summed E-state index contributed by atoms with van der Waals surface area (Å²) in [5.41, 5.74) is 1.59. The van der Waals surface area contributed by atoms with Crippen LogP contribution in [0.2, 0.25) is 10.0 Å². The monoisotopic (exact) mass is 551 g/mol. The highest BCUT2D eigenvalue weighted by molar-refractivity contribution is 6.35. The fourth-order valence-corrected chi connectivity index (χ4v) is 3.93. The fraction of sp³-hybridized carbons (Fsp3) is 0.148. The molecule has 0 saturated carbocycles. The molecule has 11 heteroatoms. The summed E-state index contributed by atoms with van der Waals surface area (Å²) >= 11 is 12.5. The molecule has 0 unspecified atom stereocenters. The number of carbonyl (C=O) groups is 3. The van der Waals surface area contributed by atoms with E-state index in [1.807, 2.05) is 30.3 Å². The van der Waals surface area contributed by atoms with Crippen LogP contribution in [-0.4, -0.2) is 51.5 Å². The summed E-state index contributed by atoms with van der Waals surface area (Å²) in [5.74, 6) is -0.771. The second-order valence-corrected chi connectivity index (χ2v) is 9.19. The molecule has 0 fully saturated rings. The van der Waals surface area contributed by atoms with Gasteiger partial charge in [0, 0.05) is 30.2 Å². The summed E-state index contributed by atoms with van der Waals surface area (Å²) in [4.78, 5) is 44.2. The Balaban J connectivity index is 1.67. The van der Waals surface area contributed by atoms with E-state index in [1.165, 1.54) is 15.6 Å². The third-order valence-corrected chi connectivity index (χ3v) is 5.99. The molecule has 9 nitrogen and oxygen atoms in total. The molecule has 0 spiro atoms. The van der Waals surface area contributed by atoms with Gasteiger partial charge in [0.25, 0.3) is 5.91 Å². The number of ether oxygens (including phenoxy) is 1. The first-order valence-corrected chi connectivity index (χ1v) is 12.2. The molecule has 1 aromatic heterocycles. The van der Waals surface area contributed by atoms with Gasteiger partial charge >= 0.3 is 6.09 Å². The summed E-state index contributed by atoms with van der Waals surface area (Å²) in [6.07, 6.45) is -0.688. The van der Waals surface area contributed by atoms with Crippen molar-refractivity contribution in [1.82, 2.24) is 25.0 Å². The van der Waals surface area contributed by atoms with Gasteiger partial charge in [0.15, 0.2) is 11.6 Å². The summed E-state index contributed by atoms with van der Waals surface area (Å²) in [5, 5.41) is 7.57. The van der Waals surface area contributed by atoms with E-state index in [2.05, 4.69) is 15.4 Å². The lowest BCUT2D eigenvalue weighted by Gasteiger charge is -2.13. The Morgan fingerprint density at radius 3 is 2.37 bits per heavy atom. The molecule has 0 aliphatic rings. The predicted molar refractivity (Wildman–Crippen MR) is 143 cm³/mol. The van der Waals surface area contributed by atoms with Crippen molar-refractivity contribution < 1.29 is 19.1 Å². The van der Waals surface area contributed by atoms with Crippen molar-refractivity contribution in [3.05, 3.63) is 111 Å². The van der Waals surface area contributed by atoms with Crippen LogP contribution in [0.15, 0.2) is 72.8 Å². The molecule has 2 amide bonds. The van der Waals surface area contributed by atoms with Gasteiger partial charge in [-0.15, -0.1) is 5.10 Å². The number of ketones is 1. The van der Waals surface area contributed by atoms with Gasteiger partial charge in [-0.25, -0.2) is 14.5 Å². The van der Waals surface area contributed by atoms with Gasteiger partial charge < -0.3 is 15.0 Å².